The number of imidazole rings is 1. The van der Waals surface area contributed by atoms with Crippen LogP contribution in [0.3, 0.4) is 0 Å². The fraction of sp³-hybridized carbons (Fsp3) is 0.467. The Morgan fingerprint density at radius 3 is 2.65 bits per heavy atom. The van der Waals surface area contributed by atoms with Gasteiger partial charge in [0.1, 0.15) is 11.5 Å². The predicted molar refractivity (Wildman–Crippen MR) is 85.6 cm³/mol. The van der Waals surface area contributed by atoms with E-state index in [9.17, 15) is 4.79 Å². The summed E-state index contributed by atoms with van der Waals surface area (Å²) in [5, 5.41) is 0.787. The molecule has 0 spiro atoms. The number of aryl methyl sites for hydroxylation is 2. The molecule has 20 heavy (non-hydrogen) atoms. The maximum atomic E-state index is 11.9. The second-order valence-electron chi connectivity index (χ2n) is 4.86. The lowest BCUT2D eigenvalue weighted by Crippen LogP contribution is -2.30. The fourth-order valence-corrected chi connectivity index (χ4v) is 2.84. The highest BCUT2D eigenvalue weighted by atomic mass is 79.9. The van der Waals surface area contributed by atoms with Crippen molar-refractivity contribution in [2.45, 2.75) is 39.4 Å². The molecule has 0 bridgehead atoms. The number of rotatable bonds is 4. The van der Waals surface area contributed by atoms with Gasteiger partial charge in [0.25, 0.3) is 0 Å². The lowest BCUT2D eigenvalue weighted by Gasteiger charge is -2.20. The Bertz CT molecular complexity index is 648. The zero-order valence-corrected chi connectivity index (χ0v) is 14.0. The molecule has 5 heteroatoms. The van der Waals surface area contributed by atoms with Crippen LogP contribution in [0.15, 0.2) is 12.3 Å². The highest BCUT2D eigenvalue weighted by Gasteiger charge is 2.20. The number of fused-ring (bicyclic) bond motifs is 1. The van der Waals surface area contributed by atoms with Crippen LogP contribution in [0.5, 0.6) is 0 Å². The lowest BCUT2D eigenvalue weighted by atomic mass is 10.2. The van der Waals surface area contributed by atoms with Crippen molar-refractivity contribution in [1.82, 2.24) is 9.38 Å². The van der Waals surface area contributed by atoms with Gasteiger partial charge in [0.05, 0.1) is 5.69 Å². The molecule has 0 aliphatic heterocycles. The van der Waals surface area contributed by atoms with Gasteiger partial charge in [0, 0.05) is 25.0 Å². The van der Waals surface area contributed by atoms with Gasteiger partial charge < -0.3 is 0 Å². The van der Waals surface area contributed by atoms with Crippen LogP contribution in [0, 0.1) is 6.92 Å². The Balaban J connectivity index is 2.79. The van der Waals surface area contributed by atoms with Gasteiger partial charge in [-0.3, -0.25) is 14.1 Å². The SMILES string of the molecule is CCc1nc2c(C)cc(CBr)cn2c1N(CC)C(C)=O. The van der Waals surface area contributed by atoms with Gasteiger partial charge in [-0.25, -0.2) is 4.98 Å². The van der Waals surface area contributed by atoms with Gasteiger partial charge >= 0.3 is 0 Å². The first-order valence-corrected chi connectivity index (χ1v) is 8.00. The highest BCUT2D eigenvalue weighted by molar-refractivity contribution is 9.08. The van der Waals surface area contributed by atoms with Crippen LogP contribution in [0.25, 0.3) is 5.65 Å². The molecule has 0 fully saturated rings. The number of pyridine rings is 1. The van der Waals surface area contributed by atoms with Gasteiger partial charge in [-0.15, -0.1) is 0 Å². The Morgan fingerprint density at radius 2 is 2.15 bits per heavy atom. The zero-order valence-electron chi connectivity index (χ0n) is 12.4. The minimum absolute atomic E-state index is 0.0471. The molecule has 2 aromatic rings. The number of amides is 1. The minimum Gasteiger partial charge on any atom is -0.297 e. The molecule has 0 aliphatic rings. The number of hydrogen-bond acceptors (Lipinski definition) is 2. The van der Waals surface area contributed by atoms with E-state index >= 15 is 0 Å². The smallest absolute Gasteiger partial charge is 0.225 e. The van der Waals surface area contributed by atoms with Crippen LogP contribution in [-0.4, -0.2) is 21.8 Å². The number of alkyl halides is 1. The van der Waals surface area contributed by atoms with E-state index in [-0.39, 0.29) is 5.91 Å². The Morgan fingerprint density at radius 1 is 1.45 bits per heavy atom. The van der Waals surface area contributed by atoms with Crippen molar-refractivity contribution >= 4 is 33.3 Å². The molecule has 2 heterocycles. The second kappa shape index (κ2) is 5.95. The molecule has 0 N–H and O–H groups in total. The Kier molecular flexibility index (Phi) is 4.48. The van der Waals surface area contributed by atoms with Crippen molar-refractivity contribution in [2.75, 3.05) is 11.4 Å². The first-order chi connectivity index (χ1) is 9.53. The van der Waals surface area contributed by atoms with E-state index in [1.54, 1.807) is 11.8 Å². The van der Waals surface area contributed by atoms with Crippen molar-refractivity contribution in [3.05, 3.63) is 29.1 Å². The second-order valence-corrected chi connectivity index (χ2v) is 5.42. The van der Waals surface area contributed by atoms with Crippen LogP contribution in [-0.2, 0) is 16.5 Å². The first-order valence-electron chi connectivity index (χ1n) is 6.87. The molecule has 0 radical (unpaired) electrons. The van der Waals surface area contributed by atoms with E-state index in [4.69, 9.17) is 4.98 Å². The van der Waals surface area contributed by atoms with Crippen LogP contribution in [0.2, 0.25) is 0 Å². The third-order valence-electron chi connectivity index (χ3n) is 3.45. The standard InChI is InChI=1S/C15H20BrN3O/c1-5-13-15(18(6-2)11(4)20)19-9-12(8-16)7-10(3)14(19)17-13/h7,9H,5-6,8H2,1-4H3. The topological polar surface area (TPSA) is 37.6 Å². The van der Waals surface area contributed by atoms with E-state index in [1.807, 2.05) is 6.92 Å². The fourth-order valence-electron chi connectivity index (χ4n) is 2.53. The predicted octanol–water partition coefficient (Wildman–Crippen LogP) is 3.47. The summed E-state index contributed by atoms with van der Waals surface area (Å²) in [7, 11) is 0. The van der Waals surface area contributed by atoms with Gasteiger partial charge in [0.15, 0.2) is 0 Å². The van der Waals surface area contributed by atoms with Gasteiger partial charge in [-0.1, -0.05) is 28.9 Å². The number of carbonyl (C=O) groups is 1. The molecule has 0 saturated heterocycles. The molecule has 0 unspecified atom stereocenters. The maximum Gasteiger partial charge on any atom is 0.225 e. The van der Waals surface area contributed by atoms with Gasteiger partial charge in [-0.2, -0.15) is 0 Å². The summed E-state index contributed by atoms with van der Waals surface area (Å²) >= 11 is 3.49. The summed E-state index contributed by atoms with van der Waals surface area (Å²) in [6.07, 6.45) is 2.87. The van der Waals surface area contributed by atoms with Crippen molar-refractivity contribution in [3.63, 3.8) is 0 Å². The summed E-state index contributed by atoms with van der Waals surface area (Å²) in [5.74, 6) is 0.953. The number of aromatic nitrogens is 2. The van der Waals surface area contributed by atoms with Crippen molar-refractivity contribution in [2.24, 2.45) is 0 Å². The monoisotopic (exact) mass is 337 g/mol. The average Bonchev–Trinajstić information content (AvgIpc) is 2.78. The van der Waals surface area contributed by atoms with Crippen LogP contribution in [0.4, 0.5) is 5.82 Å². The summed E-state index contributed by atoms with van der Waals surface area (Å²) in [5.41, 5.74) is 4.21. The number of halogens is 1. The average molecular weight is 338 g/mol. The molecular formula is C15H20BrN3O. The normalized spacial score (nSPS) is 11.1. The van der Waals surface area contributed by atoms with Crippen molar-refractivity contribution < 1.29 is 4.79 Å². The van der Waals surface area contributed by atoms with E-state index in [2.05, 4.69) is 46.4 Å². The maximum absolute atomic E-state index is 11.9. The van der Waals surface area contributed by atoms with Crippen LogP contribution in [0.1, 0.15) is 37.6 Å². The van der Waals surface area contributed by atoms with E-state index in [1.165, 1.54) is 5.56 Å². The molecule has 0 atom stereocenters. The Labute approximate surface area is 127 Å². The van der Waals surface area contributed by atoms with Gasteiger partial charge in [0.2, 0.25) is 5.91 Å². The molecule has 0 aliphatic carbocycles. The molecule has 2 rings (SSSR count). The summed E-state index contributed by atoms with van der Waals surface area (Å²) in [4.78, 5) is 18.4. The van der Waals surface area contributed by atoms with E-state index in [0.29, 0.717) is 6.54 Å². The van der Waals surface area contributed by atoms with E-state index in [0.717, 1.165) is 34.5 Å². The highest BCUT2D eigenvalue weighted by Crippen LogP contribution is 2.26. The number of hydrogen-bond donors (Lipinski definition) is 0. The zero-order chi connectivity index (χ0) is 14.9. The molecule has 108 valence electrons. The number of anilines is 1. The van der Waals surface area contributed by atoms with Crippen molar-refractivity contribution in [3.8, 4) is 0 Å². The number of nitrogens with zero attached hydrogens (tertiary/aromatic N) is 3. The quantitative estimate of drug-likeness (QED) is 0.801. The molecule has 2 aromatic heterocycles. The molecular weight excluding hydrogens is 318 g/mol. The summed E-state index contributed by atoms with van der Waals surface area (Å²) < 4.78 is 2.05. The number of carbonyl (C=O) groups excluding carboxylic acids is 1. The largest absolute Gasteiger partial charge is 0.297 e. The first kappa shape index (κ1) is 15.0. The molecule has 0 saturated carbocycles. The lowest BCUT2D eigenvalue weighted by molar-refractivity contribution is -0.116. The minimum atomic E-state index is 0.0471. The molecule has 0 aromatic carbocycles. The van der Waals surface area contributed by atoms with Crippen LogP contribution >= 0.6 is 15.9 Å². The summed E-state index contributed by atoms with van der Waals surface area (Å²) in [6.45, 7) is 8.36. The third-order valence-corrected chi connectivity index (χ3v) is 4.09. The molecule has 1 amide bonds. The van der Waals surface area contributed by atoms with E-state index < -0.39 is 0 Å². The van der Waals surface area contributed by atoms with Crippen molar-refractivity contribution in [1.29, 1.82) is 0 Å². The van der Waals surface area contributed by atoms with Crippen LogP contribution < -0.4 is 4.90 Å². The van der Waals surface area contributed by atoms with Gasteiger partial charge in [-0.05, 0) is 31.4 Å². The summed E-state index contributed by atoms with van der Waals surface area (Å²) in [6, 6.07) is 2.13. The third kappa shape index (κ3) is 2.46. The Hall–Kier alpha value is -1.36. The molecule has 4 nitrogen and oxygen atoms in total.